The van der Waals surface area contributed by atoms with Crippen LogP contribution in [-0.4, -0.2) is 342 Å². The van der Waals surface area contributed by atoms with E-state index in [9.17, 15) is 101 Å². The van der Waals surface area contributed by atoms with Gasteiger partial charge in [0.25, 0.3) is 82.7 Å². The number of nitrogens with zero attached hydrogens (tertiary/aromatic N) is 7. The van der Waals surface area contributed by atoms with Crippen LogP contribution in [0.5, 0.6) is 0 Å². The summed E-state index contributed by atoms with van der Waals surface area (Å²) >= 11 is 0. The Hall–Kier alpha value is -11.0. The summed E-state index contributed by atoms with van der Waals surface area (Å²) in [6.07, 6.45) is 22.2. The van der Waals surface area contributed by atoms with Crippen LogP contribution in [-0.2, 0) is 153 Å². The third kappa shape index (κ3) is 40.3. The number of hydrogen-bond acceptors (Lipinski definition) is 32. The third-order valence-electron chi connectivity index (χ3n) is 22.7. The molecule has 7 rings (SSSR count). The molecule has 7 aliphatic rings. The first-order valence-corrected chi connectivity index (χ1v) is 45.9. The van der Waals surface area contributed by atoms with Crippen LogP contribution in [0.25, 0.3) is 0 Å². The number of hydrogen-bond donors (Lipinski definition) is 0. The number of ketones is 7. The summed E-state index contributed by atoms with van der Waals surface area (Å²) < 4.78 is 71.5. The van der Waals surface area contributed by atoms with Gasteiger partial charge in [0.05, 0.1) is 115 Å². The zero-order chi connectivity index (χ0) is 96.9. The molecule has 39 heteroatoms. The van der Waals surface area contributed by atoms with Gasteiger partial charge in [-0.2, -0.15) is 0 Å². The summed E-state index contributed by atoms with van der Waals surface area (Å²) in [6, 6.07) is 0. The Morgan fingerprint density at radius 3 is 0.530 bits per heavy atom. The zero-order valence-corrected chi connectivity index (χ0v) is 76.5. The highest BCUT2D eigenvalue weighted by Crippen LogP contribution is 2.30. The summed E-state index contributed by atoms with van der Waals surface area (Å²) in [5, 5.41) is 0. The molecule has 734 valence electrons. The second kappa shape index (κ2) is 60.4. The summed E-state index contributed by atoms with van der Waals surface area (Å²) in [5.74, 6) is -8.46. The molecular formula is C95H127N7O32. The van der Waals surface area contributed by atoms with E-state index < -0.39 is 98.9 Å². The molecule has 39 nitrogen and oxygen atoms in total. The first-order chi connectivity index (χ1) is 64.5. The van der Waals surface area contributed by atoms with Crippen molar-refractivity contribution in [1.29, 1.82) is 0 Å². The molecule has 7 heterocycles. The van der Waals surface area contributed by atoms with E-state index in [4.69, 9.17) is 52.1 Å². The van der Waals surface area contributed by atoms with Crippen molar-refractivity contribution in [1.82, 2.24) is 34.3 Å². The van der Waals surface area contributed by atoms with Gasteiger partial charge in [0.15, 0.2) is 0 Å². The second-order valence-corrected chi connectivity index (χ2v) is 33.9. The highest BCUT2D eigenvalue weighted by atomic mass is 16.6. The van der Waals surface area contributed by atoms with Crippen LogP contribution in [0, 0.1) is 16.2 Å². The highest BCUT2D eigenvalue weighted by molar-refractivity contribution is 6.17. The maximum atomic E-state index is 13.3. The number of unbranched alkanes of at least 4 members (excludes halogenated alkanes) is 6. The minimum atomic E-state index is -1.32. The summed E-state index contributed by atoms with van der Waals surface area (Å²) in [5.41, 5.74) is -3.72. The van der Waals surface area contributed by atoms with Crippen LogP contribution >= 0.6 is 0 Å². The lowest BCUT2D eigenvalue weighted by atomic mass is 9.89. The van der Waals surface area contributed by atoms with E-state index in [-0.39, 0.29) is 315 Å². The molecule has 0 bridgehead atoms. The predicted molar refractivity (Wildman–Crippen MR) is 472 cm³/mol. The Bertz CT molecular complexity index is 4030. The smallest absolute Gasteiger partial charge is 0.253 e. The molecule has 0 saturated carbocycles. The van der Waals surface area contributed by atoms with Crippen LogP contribution in [0.15, 0.2) is 97.9 Å². The van der Waals surface area contributed by atoms with Crippen LogP contribution in [0.1, 0.15) is 173 Å². The lowest BCUT2D eigenvalue weighted by molar-refractivity contribution is -0.155. The Labute approximate surface area is 778 Å². The maximum absolute atomic E-state index is 13.3. The molecule has 134 heavy (non-hydrogen) atoms. The van der Waals surface area contributed by atoms with E-state index in [1.807, 2.05) is 0 Å². The van der Waals surface area contributed by atoms with Crippen molar-refractivity contribution in [2.45, 2.75) is 173 Å². The van der Waals surface area contributed by atoms with Crippen LogP contribution < -0.4 is 0 Å². The van der Waals surface area contributed by atoms with Crippen molar-refractivity contribution in [3.63, 3.8) is 0 Å². The average Bonchev–Trinajstić information content (AvgIpc) is 1.35. The molecule has 7 aliphatic heterocycles. The zero-order valence-electron chi connectivity index (χ0n) is 76.5. The number of imide groups is 7. The average molecular weight is 1880 g/mol. The molecule has 0 aromatic carbocycles. The fraction of sp³-hybridized carbons (Fsp3) is 0.611. The first kappa shape index (κ1) is 110. The van der Waals surface area contributed by atoms with Crippen LogP contribution in [0.2, 0.25) is 0 Å². The van der Waals surface area contributed by atoms with Gasteiger partial charge in [-0.3, -0.25) is 135 Å². The topological polar surface area (TPSA) is 483 Å². The third-order valence-corrected chi connectivity index (χ3v) is 22.7. The van der Waals surface area contributed by atoms with E-state index in [0.717, 1.165) is 119 Å². The van der Waals surface area contributed by atoms with Crippen LogP contribution in [0.3, 0.4) is 0 Å². The van der Waals surface area contributed by atoms with Gasteiger partial charge < -0.3 is 52.1 Å². The van der Waals surface area contributed by atoms with Crippen molar-refractivity contribution in [3.05, 3.63) is 97.9 Å². The molecule has 0 saturated heterocycles. The number of carbonyl (C=O) groups is 21. The number of carbonyl (C=O) groups excluding carboxylic acids is 21. The van der Waals surface area contributed by atoms with Gasteiger partial charge in [0.2, 0.25) is 0 Å². The highest BCUT2D eigenvalue weighted by Gasteiger charge is 2.41. The van der Waals surface area contributed by atoms with Gasteiger partial charge in [-0.25, -0.2) is 0 Å². The standard InChI is InChI=1S/C95H127N7O32/c1-2-124-60-93(61-126-51-9-3-16-72(103)37-44-96-79(110)23-24-80(96)111,62-127-52-10-4-17-73(104)38-45-97-81(112)25-26-82(97)113)68-133-70-95(65-130-55-13-7-20-76(107)41-48-100-87(118)31-32-88(100)119,66-131-56-14-8-21-77(108)42-49-101-89(120)33-34-90(101)121)71-134-69-94(63-128-53-11-5-18-74(105)39-46-98-83(114)27-28-84(98)115,64-129-54-12-6-19-75(106)40-47-99-85(116)29-30-86(99)117)67-132-59-58-125-57-15-22-78(109)43-50-102-91(122)35-36-92(102)123/h2,23-36H,1,3-22,37-71H2. The lowest BCUT2D eigenvalue weighted by Crippen LogP contribution is -2.47. The predicted octanol–water partition coefficient (Wildman–Crippen LogP) is 4.26. The van der Waals surface area contributed by atoms with Gasteiger partial charge in [0.1, 0.15) is 40.5 Å². The van der Waals surface area contributed by atoms with Gasteiger partial charge in [-0.05, 0) is 83.5 Å². The Morgan fingerprint density at radius 1 is 0.194 bits per heavy atom. The van der Waals surface area contributed by atoms with Crippen molar-refractivity contribution < 1.29 is 153 Å². The molecule has 0 aromatic heterocycles. The first-order valence-electron chi connectivity index (χ1n) is 45.9. The fourth-order valence-electron chi connectivity index (χ4n) is 14.8. The van der Waals surface area contributed by atoms with E-state index in [2.05, 4.69) is 6.58 Å². The van der Waals surface area contributed by atoms with Gasteiger partial charge in [-0.1, -0.05) is 6.58 Å². The molecule has 0 spiro atoms. The van der Waals surface area contributed by atoms with Crippen molar-refractivity contribution in [2.75, 3.05) is 185 Å². The lowest BCUT2D eigenvalue weighted by Gasteiger charge is -2.38. The van der Waals surface area contributed by atoms with Crippen molar-refractivity contribution in [2.24, 2.45) is 16.2 Å². The molecule has 0 unspecified atom stereocenters. The molecule has 0 aliphatic carbocycles. The Balaban J connectivity index is 1.16. The van der Waals surface area contributed by atoms with E-state index in [1.165, 1.54) is 6.26 Å². The number of amides is 14. The number of Topliss-reactive ketones (excluding diaryl/α,β-unsaturated/α-hetero) is 7. The number of rotatable bonds is 83. The molecule has 0 fully saturated rings. The van der Waals surface area contributed by atoms with E-state index in [1.54, 1.807) is 0 Å². The normalized spacial score (nSPS) is 15.6. The largest absolute Gasteiger partial charge is 0.501 e. The quantitative estimate of drug-likeness (QED) is 0.0466. The maximum Gasteiger partial charge on any atom is 0.253 e. The molecular weight excluding hydrogens is 1750 g/mol. The molecule has 14 amide bonds. The van der Waals surface area contributed by atoms with Gasteiger partial charge in [0, 0.05) is 267 Å². The van der Waals surface area contributed by atoms with Gasteiger partial charge >= 0.3 is 0 Å². The van der Waals surface area contributed by atoms with Crippen molar-refractivity contribution in [3.8, 4) is 0 Å². The summed E-state index contributed by atoms with van der Waals surface area (Å²) in [4.78, 5) is 270. The van der Waals surface area contributed by atoms with E-state index >= 15 is 0 Å². The minimum Gasteiger partial charge on any atom is -0.501 e. The van der Waals surface area contributed by atoms with E-state index in [0.29, 0.717) is 83.5 Å². The van der Waals surface area contributed by atoms with Crippen LogP contribution in [0.4, 0.5) is 0 Å². The molecule has 0 aromatic rings. The summed E-state index contributed by atoms with van der Waals surface area (Å²) in [7, 11) is 0. The molecule has 0 radical (unpaired) electrons. The van der Waals surface area contributed by atoms with Gasteiger partial charge in [-0.15, -0.1) is 0 Å². The fourth-order valence-corrected chi connectivity index (χ4v) is 14.8. The second-order valence-electron chi connectivity index (χ2n) is 33.9. The monoisotopic (exact) mass is 1880 g/mol. The Morgan fingerprint density at radius 2 is 0.343 bits per heavy atom. The Kier molecular flexibility index (Phi) is 49.6. The number of ether oxygens (including phenoxy) is 11. The van der Waals surface area contributed by atoms with Crippen molar-refractivity contribution >= 4 is 123 Å². The summed E-state index contributed by atoms with van der Waals surface area (Å²) in [6.45, 7) is 2.24. The minimum absolute atomic E-state index is 0.0105. The molecule has 0 N–H and O–H groups in total. The SMILES string of the molecule is C=COCC(COCCCCC(=O)CCN1C(=O)C=CC1=O)(COCCCCC(=O)CCN1C(=O)C=CC1=O)COCC(COCCCCC(=O)CCN1C(=O)C=CC1=O)(COCCCCC(=O)CCN1C(=O)C=CC1=O)COCC(COCCCCC(=O)CCN1C(=O)C=CC1=O)(COCCCCC(=O)CCN1C(=O)C=CC1=O)COCCOCCCC(=O)CCN1C(=O)C=CC1=O. The molecule has 0 atom stereocenters.